The summed E-state index contributed by atoms with van der Waals surface area (Å²) in [5.74, 6) is 1.09. The van der Waals surface area contributed by atoms with Gasteiger partial charge in [0.15, 0.2) is 5.11 Å². The first-order chi connectivity index (χ1) is 12.0. The average Bonchev–Trinajstić information content (AvgIpc) is 3.03. The highest BCUT2D eigenvalue weighted by atomic mass is 32.1. The number of hydrazine groups is 1. The van der Waals surface area contributed by atoms with E-state index in [9.17, 15) is 9.59 Å². The molecule has 1 aromatic carbocycles. The minimum Gasteiger partial charge on any atom is -0.497 e. The van der Waals surface area contributed by atoms with Gasteiger partial charge < -0.3 is 9.15 Å². The van der Waals surface area contributed by atoms with Gasteiger partial charge in [-0.05, 0) is 61.6 Å². The molecule has 0 saturated heterocycles. The number of aryl methyl sites for hydroxylation is 1. The second-order valence-electron chi connectivity index (χ2n) is 4.91. The third kappa shape index (κ3) is 5.78. The quantitative estimate of drug-likeness (QED) is 0.439. The number of carbonyl (C=O) groups excluding carboxylic acids is 2. The average molecular weight is 359 g/mol. The highest BCUT2D eigenvalue weighted by Crippen LogP contribution is 2.10. The second kappa shape index (κ2) is 8.65. The smallest absolute Gasteiger partial charge is 0.269 e. The van der Waals surface area contributed by atoms with Crippen molar-refractivity contribution in [3.05, 3.63) is 59.6 Å². The number of methoxy groups -OCH3 is 1. The van der Waals surface area contributed by atoms with Gasteiger partial charge >= 0.3 is 0 Å². The van der Waals surface area contributed by atoms with Crippen LogP contribution in [-0.2, 0) is 4.79 Å². The first-order valence-electron chi connectivity index (χ1n) is 7.28. The van der Waals surface area contributed by atoms with Crippen molar-refractivity contribution in [2.24, 2.45) is 0 Å². The minimum atomic E-state index is -0.453. The van der Waals surface area contributed by atoms with E-state index in [1.807, 2.05) is 6.92 Å². The Morgan fingerprint density at radius 3 is 2.44 bits per heavy atom. The van der Waals surface area contributed by atoms with E-state index >= 15 is 0 Å². The highest BCUT2D eigenvalue weighted by molar-refractivity contribution is 7.80. The fraction of sp³-hybridized carbons (Fsp3) is 0.118. The van der Waals surface area contributed by atoms with Crippen LogP contribution in [0.5, 0.6) is 5.75 Å². The van der Waals surface area contributed by atoms with Gasteiger partial charge in [-0.15, -0.1) is 0 Å². The molecule has 1 aromatic heterocycles. The fourth-order valence-electron chi connectivity index (χ4n) is 1.81. The maximum Gasteiger partial charge on any atom is 0.269 e. The Morgan fingerprint density at radius 2 is 1.84 bits per heavy atom. The fourth-order valence-corrected chi connectivity index (χ4v) is 1.97. The van der Waals surface area contributed by atoms with E-state index in [4.69, 9.17) is 21.4 Å². The standard InChI is InChI=1S/C17H17N3O4S/c1-11-3-6-14(24-11)9-10-15(21)18-17(25)20-19-16(22)12-4-7-13(23-2)8-5-12/h3-10H,1-2H3,(H,19,22)(H2,18,20,21,25). The molecule has 7 nitrogen and oxygen atoms in total. The summed E-state index contributed by atoms with van der Waals surface area (Å²) in [6.45, 7) is 1.81. The molecule has 2 rings (SSSR count). The van der Waals surface area contributed by atoms with Gasteiger partial charge in [-0.2, -0.15) is 0 Å². The molecule has 2 aromatic rings. The summed E-state index contributed by atoms with van der Waals surface area (Å²) in [7, 11) is 1.54. The number of hydrogen-bond acceptors (Lipinski definition) is 5. The SMILES string of the molecule is COc1ccc(C(=O)NNC(=S)NC(=O)C=Cc2ccc(C)o2)cc1. The lowest BCUT2D eigenvalue weighted by molar-refractivity contribution is -0.115. The molecule has 0 unspecified atom stereocenters. The van der Waals surface area contributed by atoms with E-state index in [2.05, 4.69) is 16.2 Å². The summed E-state index contributed by atoms with van der Waals surface area (Å²) in [6, 6.07) is 10.1. The topological polar surface area (TPSA) is 92.6 Å². The van der Waals surface area contributed by atoms with Crippen LogP contribution in [0.25, 0.3) is 6.08 Å². The number of furan rings is 1. The zero-order valence-corrected chi connectivity index (χ0v) is 14.5. The van der Waals surface area contributed by atoms with Gasteiger partial charge in [0.1, 0.15) is 17.3 Å². The molecular formula is C17H17N3O4S. The van der Waals surface area contributed by atoms with Crippen molar-refractivity contribution in [3.63, 3.8) is 0 Å². The molecule has 8 heteroatoms. The molecular weight excluding hydrogens is 342 g/mol. The lowest BCUT2D eigenvalue weighted by atomic mass is 10.2. The van der Waals surface area contributed by atoms with Gasteiger partial charge in [-0.3, -0.25) is 25.8 Å². The number of ether oxygens (including phenoxy) is 1. The summed E-state index contributed by atoms with van der Waals surface area (Å²) in [5, 5.41) is 2.37. The van der Waals surface area contributed by atoms with Crippen LogP contribution in [0.3, 0.4) is 0 Å². The van der Waals surface area contributed by atoms with Crippen LogP contribution in [0.2, 0.25) is 0 Å². The maximum absolute atomic E-state index is 11.9. The van der Waals surface area contributed by atoms with Crippen molar-refractivity contribution in [2.75, 3.05) is 7.11 Å². The van der Waals surface area contributed by atoms with Gasteiger partial charge in [0.2, 0.25) is 5.91 Å². The predicted octanol–water partition coefficient (Wildman–Crippen LogP) is 1.95. The van der Waals surface area contributed by atoms with Gasteiger partial charge in [0.25, 0.3) is 5.91 Å². The van der Waals surface area contributed by atoms with Crippen LogP contribution >= 0.6 is 12.2 Å². The summed E-state index contributed by atoms with van der Waals surface area (Å²) in [6.07, 6.45) is 2.79. The number of benzene rings is 1. The maximum atomic E-state index is 11.9. The predicted molar refractivity (Wildman–Crippen MR) is 96.8 cm³/mol. The largest absolute Gasteiger partial charge is 0.497 e. The van der Waals surface area contributed by atoms with Crippen LogP contribution < -0.4 is 20.9 Å². The molecule has 0 atom stereocenters. The lowest BCUT2D eigenvalue weighted by Gasteiger charge is -2.10. The summed E-state index contributed by atoms with van der Waals surface area (Å²) >= 11 is 4.94. The Bertz CT molecular complexity index is 796. The monoisotopic (exact) mass is 359 g/mol. The molecule has 0 bridgehead atoms. The molecule has 0 aliphatic heterocycles. The van der Waals surface area contributed by atoms with Crippen LogP contribution in [0.1, 0.15) is 21.9 Å². The first kappa shape index (κ1) is 18.2. The van der Waals surface area contributed by atoms with Crippen molar-refractivity contribution in [1.29, 1.82) is 0 Å². The molecule has 0 spiro atoms. The van der Waals surface area contributed by atoms with Gasteiger partial charge in [-0.1, -0.05) is 0 Å². The van der Waals surface area contributed by atoms with Crippen molar-refractivity contribution in [2.45, 2.75) is 6.92 Å². The van der Waals surface area contributed by atoms with Crippen molar-refractivity contribution in [1.82, 2.24) is 16.2 Å². The zero-order valence-electron chi connectivity index (χ0n) is 13.7. The van der Waals surface area contributed by atoms with Gasteiger partial charge in [0.05, 0.1) is 7.11 Å². The normalized spacial score (nSPS) is 10.3. The molecule has 1 heterocycles. The van der Waals surface area contributed by atoms with Gasteiger partial charge in [0, 0.05) is 11.6 Å². The molecule has 0 aliphatic rings. The molecule has 130 valence electrons. The van der Waals surface area contributed by atoms with Crippen LogP contribution in [0.4, 0.5) is 0 Å². The van der Waals surface area contributed by atoms with Crippen LogP contribution in [0.15, 0.2) is 46.9 Å². The molecule has 0 aliphatic carbocycles. The third-order valence-corrected chi connectivity index (χ3v) is 3.24. The van der Waals surface area contributed by atoms with E-state index in [1.165, 1.54) is 12.2 Å². The Balaban J connectivity index is 1.78. The highest BCUT2D eigenvalue weighted by Gasteiger charge is 2.07. The second-order valence-corrected chi connectivity index (χ2v) is 5.32. The van der Waals surface area contributed by atoms with Crippen LogP contribution in [-0.4, -0.2) is 24.0 Å². The van der Waals surface area contributed by atoms with E-state index in [0.29, 0.717) is 17.1 Å². The Morgan fingerprint density at radius 1 is 1.12 bits per heavy atom. The molecule has 0 radical (unpaired) electrons. The number of carbonyl (C=O) groups is 2. The van der Waals surface area contributed by atoms with Crippen molar-refractivity contribution < 1.29 is 18.7 Å². The number of rotatable bonds is 4. The van der Waals surface area contributed by atoms with Crippen LogP contribution in [0, 0.1) is 6.92 Å². The number of amides is 2. The Kier molecular flexibility index (Phi) is 6.30. The number of thiocarbonyl (C=S) groups is 1. The summed E-state index contributed by atoms with van der Waals surface area (Å²) in [4.78, 5) is 23.7. The van der Waals surface area contributed by atoms with E-state index in [0.717, 1.165) is 5.76 Å². The molecule has 0 fully saturated rings. The van der Waals surface area contributed by atoms with E-state index < -0.39 is 11.8 Å². The summed E-state index contributed by atoms with van der Waals surface area (Å²) < 4.78 is 10.3. The summed E-state index contributed by atoms with van der Waals surface area (Å²) in [5.41, 5.74) is 5.26. The zero-order chi connectivity index (χ0) is 18.2. The van der Waals surface area contributed by atoms with Gasteiger partial charge in [-0.25, -0.2) is 0 Å². The first-order valence-corrected chi connectivity index (χ1v) is 7.68. The van der Waals surface area contributed by atoms with E-state index in [1.54, 1.807) is 43.5 Å². The number of hydrogen-bond donors (Lipinski definition) is 3. The Hall–Kier alpha value is -3.13. The molecule has 0 saturated carbocycles. The van der Waals surface area contributed by atoms with Crippen molar-refractivity contribution >= 4 is 35.2 Å². The van der Waals surface area contributed by atoms with E-state index in [-0.39, 0.29) is 5.11 Å². The lowest BCUT2D eigenvalue weighted by Crippen LogP contribution is -2.48. The Labute approximate surface area is 150 Å². The third-order valence-electron chi connectivity index (χ3n) is 3.04. The number of nitrogens with one attached hydrogen (secondary N) is 3. The molecule has 25 heavy (non-hydrogen) atoms. The molecule has 3 N–H and O–H groups in total. The van der Waals surface area contributed by atoms with Crippen molar-refractivity contribution in [3.8, 4) is 5.75 Å². The minimum absolute atomic E-state index is 0.0351. The molecule has 2 amide bonds.